The molecule has 6 heteroatoms. The summed E-state index contributed by atoms with van der Waals surface area (Å²) in [5, 5.41) is 0. The van der Waals surface area contributed by atoms with Crippen molar-refractivity contribution in [2.24, 2.45) is 5.92 Å². The number of aromatic nitrogens is 4. The maximum atomic E-state index is 12.1. The quantitative estimate of drug-likeness (QED) is 0.823. The Balaban J connectivity index is 1.93. The van der Waals surface area contributed by atoms with Gasteiger partial charge in [-0.2, -0.15) is 4.98 Å². The van der Waals surface area contributed by atoms with Crippen LogP contribution in [0, 0.1) is 5.92 Å². The molecule has 2 aromatic rings. The van der Waals surface area contributed by atoms with E-state index in [1.807, 2.05) is 0 Å². The van der Waals surface area contributed by atoms with Gasteiger partial charge in [-0.15, -0.1) is 0 Å². The molecule has 0 spiro atoms. The Morgan fingerprint density at radius 1 is 1.53 bits per heavy atom. The minimum Gasteiger partial charge on any atom is -0.369 e. The Morgan fingerprint density at radius 3 is 3.06 bits per heavy atom. The second-order valence-electron chi connectivity index (χ2n) is 4.61. The summed E-state index contributed by atoms with van der Waals surface area (Å²) in [6, 6.07) is 0. The molecular formula is C11H15N5O. The second-order valence-corrected chi connectivity index (χ2v) is 4.61. The number of fused-ring (bicyclic) bond motifs is 1. The normalized spacial score (nSPS) is 16.2. The lowest BCUT2D eigenvalue weighted by Gasteiger charge is -2.25. The summed E-state index contributed by atoms with van der Waals surface area (Å²) in [5.41, 5.74) is 6.48. The molecule has 0 saturated heterocycles. The Kier molecular flexibility index (Phi) is 2.35. The molecule has 3 N–H and O–H groups in total. The molecule has 2 heterocycles. The molecule has 2 aromatic heterocycles. The van der Waals surface area contributed by atoms with Crippen molar-refractivity contribution < 1.29 is 0 Å². The summed E-state index contributed by atoms with van der Waals surface area (Å²) in [6.07, 6.45) is 6.32. The van der Waals surface area contributed by atoms with E-state index in [1.165, 1.54) is 30.2 Å². The standard InChI is InChI=1S/C11H15N5O/c12-11-15-9-8(13-6-14-9)10(17)16(11)5-4-7-2-1-3-7/h6-7H,1-5H2,(H2,12,15)(H,13,14). The monoisotopic (exact) mass is 233 g/mol. The van der Waals surface area contributed by atoms with Crippen LogP contribution in [0.15, 0.2) is 11.1 Å². The number of rotatable bonds is 3. The van der Waals surface area contributed by atoms with Gasteiger partial charge in [0.25, 0.3) is 5.56 Å². The van der Waals surface area contributed by atoms with Crippen molar-refractivity contribution in [3.05, 3.63) is 16.7 Å². The summed E-state index contributed by atoms with van der Waals surface area (Å²) in [6.45, 7) is 0.644. The fourth-order valence-corrected chi connectivity index (χ4v) is 2.25. The van der Waals surface area contributed by atoms with E-state index in [0.29, 0.717) is 17.7 Å². The zero-order chi connectivity index (χ0) is 11.8. The largest absolute Gasteiger partial charge is 0.369 e. The summed E-state index contributed by atoms with van der Waals surface area (Å²) in [7, 11) is 0. The van der Waals surface area contributed by atoms with Gasteiger partial charge >= 0.3 is 0 Å². The second kappa shape index (κ2) is 3.87. The molecule has 1 saturated carbocycles. The van der Waals surface area contributed by atoms with Crippen LogP contribution in [-0.4, -0.2) is 19.5 Å². The van der Waals surface area contributed by atoms with Crippen LogP contribution in [0.3, 0.4) is 0 Å². The molecule has 1 aliphatic carbocycles. The number of aromatic amines is 1. The van der Waals surface area contributed by atoms with E-state index in [2.05, 4.69) is 15.0 Å². The lowest BCUT2D eigenvalue weighted by atomic mass is 9.83. The number of nitrogens with one attached hydrogen (secondary N) is 1. The molecule has 90 valence electrons. The van der Waals surface area contributed by atoms with E-state index in [4.69, 9.17) is 5.73 Å². The van der Waals surface area contributed by atoms with Crippen LogP contribution in [0.1, 0.15) is 25.7 Å². The Hall–Kier alpha value is -1.85. The average molecular weight is 233 g/mol. The van der Waals surface area contributed by atoms with Crippen molar-refractivity contribution in [2.75, 3.05) is 5.73 Å². The molecule has 0 radical (unpaired) electrons. The first kappa shape index (κ1) is 10.3. The number of H-pyrrole nitrogens is 1. The molecule has 1 aliphatic rings. The van der Waals surface area contributed by atoms with Gasteiger partial charge in [-0.05, 0) is 12.3 Å². The van der Waals surface area contributed by atoms with Gasteiger partial charge in [0.2, 0.25) is 5.95 Å². The van der Waals surface area contributed by atoms with Gasteiger partial charge in [0, 0.05) is 6.54 Å². The van der Waals surface area contributed by atoms with Gasteiger partial charge < -0.3 is 10.7 Å². The van der Waals surface area contributed by atoms with Gasteiger partial charge in [0.15, 0.2) is 11.2 Å². The van der Waals surface area contributed by atoms with Crippen LogP contribution in [0.5, 0.6) is 0 Å². The number of nitrogen functional groups attached to an aromatic ring is 1. The molecule has 0 atom stereocenters. The SMILES string of the molecule is Nc1nc2[nH]cnc2c(=O)n1CCC1CCC1. The lowest BCUT2D eigenvalue weighted by molar-refractivity contribution is 0.281. The number of anilines is 1. The third-order valence-corrected chi connectivity index (χ3v) is 3.56. The van der Waals surface area contributed by atoms with Crippen LogP contribution < -0.4 is 11.3 Å². The maximum absolute atomic E-state index is 12.1. The van der Waals surface area contributed by atoms with Gasteiger partial charge in [-0.25, -0.2) is 4.98 Å². The van der Waals surface area contributed by atoms with Crippen LogP contribution in [0.4, 0.5) is 5.95 Å². The van der Waals surface area contributed by atoms with Gasteiger partial charge in [-0.1, -0.05) is 19.3 Å². The van der Waals surface area contributed by atoms with Crippen LogP contribution in [-0.2, 0) is 6.54 Å². The summed E-state index contributed by atoms with van der Waals surface area (Å²) in [4.78, 5) is 23.0. The minimum atomic E-state index is -0.145. The van der Waals surface area contributed by atoms with Crippen LogP contribution in [0.25, 0.3) is 11.2 Å². The van der Waals surface area contributed by atoms with Crippen LogP contribution in [0.2, 0.25) is 0 Å². The molecular weight excluding hydrogens is 218 g/mol. The highest BCUT2D eigenvalue weighted by molar-refractivity contribution is 5.69. The zero-order valence-corrected chi connectivity index (χ0v) is 9.52. The molecule has 6 nitrogen and oxygen atoms in total. The van der Waals surface area contributed by atoms with Gasteiger partial charge in [0.05, 0.1) is 6.33 Å². The van der Waals surface area contributed by atoms with Crippen molar-refractivity contribution in [3.8, 4) is 0 Å². The van der Waals surface area contributed by atoms with Crippen molar-refractivity contribution in [3.63, 3.8) is 0 Å². The molecule has 0 unspecified atom stereocenters. The Morgan fingerprint density at radius 2 is 2.35 bits per heavy atom. The number of hydrogen-bond donors (Lipinski definition) is 2. The first-order valence-electron chi connectivity index (χ1n) is 5.95. The topological polar surface area (TPSA) is 89.6 Å². The zero-order valence-electron chi connectivity index (χ0n) is 9.52. The van der Waals surface area contributed by atoms with Crippen molar-refractivity contribution in [1.29, 1.82) is 0 Å². The number of hydrogen-bond acceptors (Lipinski definition) is 4. The lowest BCUT2D eigenvalue weighted by Crippen LogP contribution is -2.26. The van der Waals surface area contributed by atoms with Crippen molar-refractivity contribution in [1.82, 2.24) is 19.5 Å². The number of nitrogens with two attached hydrogens (primary N) is 1. The van der Waals surface area contributed by atoms with E-state index in [-0.39, 0.29) is 11.5 Å². The molecule has 0 bridgehead atoms. The predicted molar refractivity (Wildman–Crippen MR) is 64.5 cm³/mol. The average Bonchev–Trinajstić information content (AvgIpc) is 2.68. The van der Waals surface area contributed by atoms with E-state index in [0.717, 1.165) is 12.3 Å². The Labute approximate surface area is 97.9 Å². The molecule has 0 aliphatic heterocycles. The van der Waals surface area contributed by atoms with Crippen molar-refractivity contribution >= 4 is 17.1 Å². The molecule has 3 rings (SSSR count). The predicted octanol–water partition coefficient (Wildman–Crippen LogP) is 0.892. The van der Waals surface area contributed by atoms with Crippen molar-refractivity contribution in [2.45, 2.75) is 32.2 Å². The first-order valence-corrected chi connectivity index (χ1v) is 5.95. The molecule has 1 fully saturated rings. The Bertz CT molecular complexity index is 595. The molecule has 17 heavy (non-hydrogen) atoms. The van der Waals surface area contributed by atoms with Crippen LogP contribution >= 0.6 is 0 Å². The highest BCUT2D eigenvalue weighted by atomic mass is 16.1. The first-order chi connectivity index (χ1) is 8.25. The van der Waals surface area contributed by atoms with E-state index in [9.17, 15) is 4.79 Å². The van der Waals surface area contributed by atoms with E-state index in [1.54, 1.807) is 0 Å². The smallest absolute Gasteiger partial charge is 0.283 e. The molecule has 0 amide bonds. The summed E-state index contributed by atoms with van der Waals surface area (Å²) in [5.74, 6) is 1.02. The summed E-state index contributed by atoms with van der Waals surface area (Å²) >= 11 is 0. The van der Waals surface area contributed by atoms with E-state index < -0.39 is 0 Å². The fraction of sp³-hybridized carbons (Fsp3) is 0.545. The third kappa shape index (κ3) is 1.69. The number of nitrogens with zero attached hydrogens (tertiary/aromatic N) is 3. The fourth-order valence-electron chi connectivity index (χ4n) is 2.25. The molecule has 0 aromatic carbocycles. The highest BCUT2D eigenvalue weighted by Crippen LogP contribution is 2.29. The minimum absolute atomic E-state index is 0.145. The van der Waals surface area contributed by atoms with Gasteiger partial charge in [0.1, 0.15) is 0 Å². The van der Waals surface area contributed by atoms with Gasteiger partial charge in [-0.3, -0.25) is 9.36 Å². The third-order valence-electron chi connectivity index (χ3n) is 3.56. The maximum Gasteiger partial charge on any atom is 0.283 e. The number of imidazole rings is 1. The summed E-state index contributed by atoms with van der Waals surface area (Å²) < 4.78 is 1.53. The van der Waals surface area contributed by atoms with E-state index >= 15 is 0 Å². The highest BCUT2D eigenvalue weighted by Gasteiger charge is 2.18.